The van der Waals surface area contributed by atoms with Gasteiger partial charge in [-0.2, -0.15) is 0 Å². The first-order valence-corrected chi connectivity index (χ1v) is 13.2. The zero-order valence-electron chi connectivity index (χ0n) is 20.2. The second-order valence-electron chi connectivity index (χ2n) is 10.7. The van der Waals surface area contributed by atoms with Crippen LogP contribution in [0.5, 0.6) is 0 Å². The van der Waals surface area contributed by atoms with Gasteiger partial charge in [0.1, 0.15) is 12.1 Å². The molecule has 0 heterocycles. The number of benzene rings is 1. The van der Waals surface area contributed by atoms with E-state index in [0.717, 1.165) is 50.7 Å². The van der Waals surface area contributed by atoms with Gasteiger partial charge in [-0.05, 0) is 87.4 Å². The highest BCUT2D eigenvalue weighted by Crippen LogP contribution is 2.50. The van der Waals surface area contributed by atoms with Crippen LogP contribution < -0.4 is 15.8 Å². The van der Waals surface area contributed by atoms with E-state index in [0.29, 0.717) is 22.8 Å². The summed E-state index contributed by atoms with van der Waals surface area (Å²) >= 11 is 1.22. The second-order valence-corrected chi connectivity index (χ2v) is 11.5. The van der Waals surface area contributed by atoms with Crippen molar-refractivity contribution in [2.45, 2.75) is 88.1 Å². The van der Waals surface area contributed by atoms with Gasteiger partial charge in [0.2, 0.25) is 5.91 Å². The molecule has 0 saturated heterocycles. The third-order valence-electron chi connectivity index (χ3n) is 8.01. The van der Waals surface area contributed by atoms with Crippen LogP contribution in [-0.4, -0.2) is 30.8 Å². The molecule has 3 fully saturated rings. The first-order valence-electron chi connectivity index (χ1n) is 12.3. The van der Waals surface area contributed by atoms with E-state index in [1.807, 2.05) is 7.05 Å². The molecule has 1 aromatic rings. The largest absolute Gasteiger partial charge is 0.369 e. The number of hydrogen-bond donors (Lipinski definition) is 3. The number of carbonyl (C=O) groups excluding carboxylic acids is 2. The summed E-state index contributed by atoms with van der Waals surface area (Å²) in [6.45, 7) is 4.38. The summed E-state index contributed by atoms with van der Waals surface area (Å²) in [7, 11) is 2.04. The quantitative estimate of drug-likeness (QED) is 0.403. The number of rotatable bonds is 6. The number of halogens is 1. The summed E-state index contributed by atoms with van der Waals surface area (Å²) in [6.07, 6.45) is 10.5. The first kappa shape index (κ1) is 26.2. The fraction of sp³-hybridized carbons (Fsp3) is 0.692. The normalized spacial score (nSPS) is 32.8. The molecule has 33 heavy (non-hydrogen) atoms. The van der Waals surface area contributed by atoms with Crippen molar-refractivity contribution in [3.8, 4) is 0 Å². The van der Waals surface area contributed by atoms with E-state index in [4.69, 9.17) is 5.73 Å². The van der Waals surface area contributed by atoms with Crippen molar-refractivity contribution >= 4 is 24.1 Å². The number of nitrogens with one attached hydrogen (secondary N) is 2. The Morgan fingerprint density at radius 1 is 1.18 bits per heavy atom. The monoisotopic (exact) mass is 477 g/mol. The number of amides is 1. The number of hydrogen-bond acceptors (Lipinski definition) is 5. The summed E-state index contributed by atoms with van der Waals surface area (Å²) in [4.78, 5) is 23.3. The van der Waals surface area contributed by atoms with Gasteiger partial charge in [-0.3, -0.25) is 4.79 Å². The van der Waals surface area contributed by atoms with E-state index >= 15 is 0 Å². The molecule has 3 aliphatic rings. The van der Waals surface area contributed by atoms with Crippen LogP contribution >= 0.6 is 11.9 Å². The fourth-order valence-corrected chi connectivity index (χ4v) is 7.19. The van der Waals surface area contributed by atoms with E-state index < -0.39 is 5.54 Å². The minimum atomic E-state index is -0.467. The smallest absolute Gasteiger partial charge is 0.223 e. The maximum atomic E-state index is 13.4. The Morgan fingerprint density at radius 3 is 2.48 bits per heavy atom. The number of primary amides is 1. The van der Waals surface area contributed by atoms with Gasteiger partial charge in [0.25, 0.3) is 0 Å². The lowest BCUT2D eigenvalue weighted by atomic mass is 9.57. The average molecular weight is 478 g/mol. The van der Waals surface area contributed by atoms with Crippen molar-refractivity contribution in [3.63, 3.8) is 0 Å². The first-order chi connectivity index (χ1) is 15.7. The van der Waals surface area contributed by atoms with E-state index in [2.05, 4.69) is 23.9 Å². The SMILES string of the molecule is CNC1C(C)CC2CC1CC(C)(C(N)=O)C2.O=CC1(NSc2ccccc2F)CCCCC1. The van der Waals surface area contributed by atoms with Crippen LogP contribution in [0.4, 0.5) is 4.39 Å². The minimum absolute atomic E-state index is 0.105. The van der Waals surface area contributed by atoms with Crippen LogP contribution in [0.3, 0.4) is 0 Å². The molecule has 2 bridgehead atoms. The summed E-state index contributed by atoms with van der Waals surface area (Å²) in [5.41, 5.74) is 4.84. The molecule has 184 valence electrons. The lowest BCUT2D eigenvalue weighted by Crippen LogP contribution is -2.52. The molecule has 0 aromatic heterocycles. The Hall–Kier alpha value is -1.44. The molecule has 1 amide bonds. The van der Waals surface area contributed by atoms with Crippen molar-refractivity contribution < 1.29 is 14.0 Å². The zero-order chi connectivity index (χ0) is 24.1. The van der Waals surface area contributed by atoms with Crippen molar-refractivity contribution in [2.75, 3.05) is 7.05 Å². The van der Waals surface area contributed by atoms with E-state index in [1.165, 1.54) is 37.3 Å². The Kier molecular flexibility index (Phi) is 8.98. The Balaban J connectivity index is 0.000000186. The van der Waals surface area contributed by atoms with Gasteiger partial charge in [-0.1, -0.05) is 45.2 Å². The Bertz CT molecular complexity index is 814. The van der Waals surface area contributed by atoms with Gasteiger partial charge in [0.15, 0.2) is 0 Å². The zero-order valence-corrected chi connectivity index (χ0v) is 21.1. The summed E-state index contributed by atoms with van der Waals surface area (Å²) < 4.78 is 16.6. The molecule has 3 saturated carbocycles. The molecule has 5 atom stereocenters. The molecule has 7 heteroatoms. The third kappa shape index (κ3) is 6.37. The second kappa shape index (κ2) is 11.3. The fourth-order valence-electron chi connectivity index (χ4n) is 6.32. The molecule has 4 N–H and O–H groups in total. The summed E-state index contributed by atoms with van der Waals surface area (Å²) in [5.74, 6) is 1.71. The molecule has 1 aromatic carbocycles. The van der Waals surface area contributed by atoms with E-state index in [-0.39, 0.29) is 17.1 Å². The molecular formula is C26H40FN3O2S. The van der Waals surface area contributed by atoms with Gasteiger partial charge in [0.05, 0.1) is 10.4 Å². The maximum Gasteiger partial charge on any atom is 0.223 e. The van der Waals surface area contributed by atoms with Crippen molar-refractivity contribution in [1.29, 1.82) is 0 Å². The highest BCUT2D eigenvalue weighted by molar-refractivity contribution is 7.97. The molecule has 3 aliphatic carbocycles. The molecular weight excluding hydrogens is 437 g/mol. The highest BCUT2D eigenvalue weighted by atomic mass is 32.2. The number of fused-ring (bicyclic) bond motifs is 2. The lowest BCUT2D eigenvalue weighted by molar-refractivity contribution is -0.132. The van der Waals surface area contributed by atoms with Gasteiger partial charge < -0.3 is 15.8 Å². The van der Waals surface area contributed by atoms with Crippen LogP contribution in [0.1, 0.15) is 71.6 Å². The summed E-state index contributed by atoms with van der Waals surface area (Å²) in [5, 5.41) is 3.43. The standard InChI is InChI=1S/C13H16FNOS.C13H24N2O/c14-11-6-2-3-7-12(11)17-15-13(10-16)8-4-1-5-9-13;1-8-4-9-5-10(11(8)15-3)7-13(2,6-9)12(14)16/h2-3,6-7,10,15H,1,4-5,8-9H2;8-11,15H,4-7H2,1-3H3,(H2,14,16). The lowest BCUT2D eigenvalue weighted by Gasteiger charge is -2.49. The topological polar surface area (TPSA) is 84.2 Å². The van der Waals surface area contributed by atoms with Crippen molar-refractivity contribution in [2.24, 2.45) is 28.9 Å². The number of aldehydes is 1. The molecule has 5 unspecified atom stereocenters. The average Bonchev–Trinajstić information content (AvgIpc) is 2.79. The van der Waals surface area contributed by atoms with Gasteiger partial charge >= 0.3 is 0 Å². The van der Waals surface area contributed by atoms with Crippen LogP contribution in [0, 0.1) is 29.0 Å². The van der Waals surface area contributed by atoms with Crippen LogP contribution in [0.15, 0.2) is 29.2 Å². The molecule has 5 nitrogen and oxygen atoms in total. The van der Waals surface area contributed by atoms with Crippen LogP contribution in [0.25, 0.3) is 0 Å². The predicted molar refractivity (Wildman–Crippen MR) is 132 cm³/mol. The van der Waals surface area contributed by atoms with Crippen molar-refractivity contribution in [1.82, 2.24) is 10.0 Å². The molecule has 0 aliphatic heterocycles. The molecule has 4 rings (SSSR count). The molecule has 0 spiro atoms. The third-order valence-corrected chi connectivity index (χ3v) is 9.07. The number of carbonyl (C=O) groups is 2. The Morgan fingerprint density at radius 2 is 1.88 bits per heavy atom. The van der Waals surface area contributed by atoms with Gasteiger partial charge in [0, 0.05) is 11.5 Å². The maximum absolute atomic E-state index is 13.4. The van der Waals surface area contributed by atoms with Crippen LogP contribution in [0.2, 0.25) is 0 Å². The summed E-state index contributed by atoms with van der Waals surface area (Å²) in [6, 6.07) is 7.17. The minimum Gasteiger partial charge on any atom is -0.369 e. The van der Waals surface area contributed by atoms with Crippen LogP contribution in [-0.2, 0) is 9.59 Å². The Labute approximate surface area is 202 Å². The highest BCUT2D eigenvalue weighted by Gasteiger charge is 2.47. The van der Waals surface area contributed by atoms with E-state index in [9.17, 15) is 14.0 Å². The van der Waals surface area contributed by atoms with E-state index in [1.54, 1.807) is 18.2 Å². The van der Waals surface area contributed by atoms with Gasteiger partial charge in [-0.15, -0.1) is 0 Å². The van der Waals surface area contributed by atoms with Gasteiger partial charge in [-0.25, -0.2) is 9.11 Å². The predicted octanol–water partition coefficient (Wildman–Crippen LogP) is 4.85. The molecule has 0 radical (unpaired) electrons. The van der Waals surface area contributed by atoms with Crippen molar-refractivity contribution in [3.05, 3.63) is 30.1 Å². The number of nitrogens with two attached hydrogens (primary N) is 1.